The molecule has 4 aliphatic rings. The minimum absolute atomic E-state index is 0.876. The first-order valence-corrected chi connectivity index (χ1v) is 11.7. The first-order valence-electron chi connectivity index (χ1n) is 11.7. The molecule has 0 aromatic carbocycles. The standard InChI is InChI=1S/C22H42N4/c1-19-4-14-25(15-5-19)22-8-16-26(17-9-22)21-6-12-24(13-7-21)18-20-2-10-23-11-3-20/h19-23H,2-18H2,1H3. The van der Waals surface area contributed by atoms with Crippen molar-refractivity contribution in [3.05, 3.63) is 0 Å². The molecule has 4 rings (SSSR count). The molecule has 0 radical (unpaired) electrons. The van der Waals surface area contributed by atoms with Crippen LogP contribution < -0.4 is 5.32 Å². The number of hydrogen-bond acceptors (Lipinski definition) is 4. The van der Waals surface area contributed by atoms with E-state index in [-0.39, 0.29) is 0 Å². The van der Waals surface area contributed by atoms with Crippen LogP contribution in [-0.4, -0.2) is 85.7 Å². The summed E-state index contributed by atoms with van der Waals surface area (Å²) in [5.41, 5.74) is 0. The summed E-state index contributed by atoms with van der Waals surface area (Å²) in [5, 5.41) is 3.50. The van der Waals surface area contributed by atoms with Crippen molar-refractivity contribution in [2.45, 2.75) is 70.4 Å². The maximum absolute atomic E-state index is 3.50. The number of likely N-dealkylation sites (tertiary alicyclic amines) is 3. The molecule has 1 N–H and O–H groups in total. The molecule has 0 bridgehead atoms. The van der Waals surface area contributed by atoms with Gasteiger partial charge in [-0.3, -0.25) is 0 Å². The topological polar surface area (TPSA) is 21.8 Å². The van der Waals surface area contributed by atoms with Gasteiger partial charge < -0.3 is 20.0 Å². The van der Waals surface area contributed by atoms with Crippen LogP contribution in [0.3, 0.4) is 0 Å². The van der Waals surface area contributed by atoms with Gasteiger partial charge in [-0.15, -0.1) is 0 Å². The highest BCUT2D eigenvalue weighted by Crippen LogP contribution is 2.27. The third kappa shape index (κ3) is 5.01. The van der Waals surface area contributed by atoms with Gasteiger partial charge in [-0.25, -0.2) is 0 Å². The van der Waals surface area contributed by atoms with Gasteiger partial charge in [-0.1, -0.05) is 6.92 Å². The summed E-state index contributed by atoms with van der Waals surface area (Å²) in [6.45, 7) is 14.4. The zero-order chi connectivity index (χ0) is 17.8. The van der Waals surface area contributed by atoms with Crippen LogP contribution >= 0.6 is 0 Å². The van der Waals surface area contributed by atoms with E-state index in [1.54, 1.807) is 0 Å². The minimum Gasteiger partial charge on any atom is -0.317 e. The first-order chi connectivity index (χ1) is 12.8. The van der Waals surface area contributed by atoms with E-state index in [2.05, 4.69) is 26.9 Å². The Bertz CT molecular complexity index is 398. The molecule has 0 atom stereocenters. The average molecular weight is 363 g/mol. The smallest absolute Gasteiger partial charge is 0.0120 e. The second-order valence-electron chi connectivity index (χ2n) is 9.71. The Balaban J connectivity index is 1.15. The van der Waals surface area contributed by atoms with Crippen molar-refractivity contribution in [1.82, 2.24) is 20.0 Å². The van der Waals surface area contributed by atoms with Crippen LogP contribution in [-0.2, 0) is 0 Å². The van der Waals surface area contributed by atoms with Gasteiger partial charge in [0.2, 0.25) is 0 Å². The maximum atomic E-state index is 3.50. The van der Waals surface area contributed by atoms with Crippen LogP contribution in [0.5, 0.6) is 0 Å². The fraction of sp³-hybridized carbons (Fsp3) is 1.00. The largest absolute Gasteiger partial charge is 0.317 e. The third-order valence-electron chi connectivity index (χ3n) is 7.88. The molecule has 150 valence electrons. The van der Waals surface area contributed by atoms with Gasteiger partial charge in [0.05, 0.1) is 0 Å². The summed E-state index contributed by atoms with van der Waals surface area (Å²) < 4.78 is 0. The normalized spacial score (nSPS) is 30.8. The van der Waals surface area contributed by atoms with Crippen LogP contribution in [0.2, 0.25) is 0 Å². The lowest BCUT2D eigenvalue weighted by atomic mass is 9.92. The molecule has 0 aromatic heterocycles. The van der Waals surface area contributed by atoms with Crippen LogP contribution in [0.15, 0.2) is 0 Å². The van der Waals surface area contributed by atoms with Crippen LogP contribution in [0.25, 0.3) is 0 Å². The number of hydrogen-bond donors (Lipinski definition) is 1. The van der Waals surface area contributed by atoms with E-state index in [0.29, 0.717) is 0 Å². The Morgan fingerprint density at radius 1 is 0.654 bits per heavy atom. The maximum Gasteiger partial charge on any atom is 0.0120 e. The zero-order valence-corrected chi connectivity index (χ0v) is 17.2. The monoisotopic (exact) mass is 362 g/mol. The molecule has 4 heterocycles. The second-order valence-corrected chi connectivity index (χ2v) is 9.71. The van der Waals surface area contributed by atoms with Crippen molar-refractivity contribution in [3.63, 3.8) is 0 Å². The summed E-state index contributed by atoms with van der Waals surface area (Å²) >= 11 is 0. The molecule has 0 unspecified atom stereocenters. The van der Waals surface area contributed by atoms with Crippen molar-refractivity contribution in [2.75, 3.05) is 58.9 Å². The van der Waals surface area contributed by atoms with Gasteiger partial charge in [0, 0.05) is 18.6 Å². The molecule has 4 aliphatic heterocycles. The number of nitrogens with one attached hydrogen (secondary N) is 1. The van der Waals surface area contributed by atoms with Crippen molar-refractivity contribution >= 4 is 0 Å². The molecular weight excluding hydrogens is 320 g/mol. The molecule has 0 saturated carbocycles. The highest BCUT2D eigenvalue weighted by molar-refractivity contribution is 4.88. The van der Waals surface area contributed by atoms with E-state index >= 15 is 0 Å². The fourth-order valence-corrected chi connectivity index (χ4v) is 5.91. The molecule has 0 spiro atoms. The summed E-state index contributed by atoms with van der Waals surface area (Å²) in [4.78, 5) is 8.44. The van der Waals surface area contributed by atoms with Crippen molar-refractivity contribution in [1.29, 1.82) is 0 Å². The molecular formula is C22H42N4. The number of piperidine rings is 4. The Kier molecular flexibility index (Phi) is 6.90. The minimum atomic E-state index is 0.876. The lowest BCUT2D eigenvalue weighted by Gasteiger charge is -2.45. The number of nitrogens with zero attached hydrogens (tertiary/aromatic N) is 3. The van der Waals surface area contributed by atoms with Crippen molar-refractivity contribution in [2.24, 2.45) is 11.8 Å². The van der Waals surface area contributed by atoms with E-state index in [4.69, 9.17) is 0 Å². The quantitative estimate of drug-likeness (QED) is 0.830. The summed E-state index contributed by atoms with van der Waals surface area (Å²) in [6.07, 6.45) is 11.3. The fourth-order valence-electron chi connectivity index (χ4n) is 5.91. The van der Waals surface area contributed by atoms with Gasteiger partial charge in [-0.05, 0) is 116 Å². The van der Waals surface area contributed by atoms with Crippen LogP contribution in [0, 0.1) is 11.8 Å². The van der Waals surface area contributed by atoms with E-state index < -0.39 is 0 Å². The molecule has 4 fully saturated rings. The Morgan fingerprint density at radius 3 is 1.73 bits per heavy atom. The summed E-state index contributed by atoms with van der Waals surface area (Å²) in [5.74, 6) is 1.91. The highest BCUT2D eigenvalue weighted by Gasteiger charge is 2.31. The number of rotatable bonds is 4. The molecule has 4 heteroatoms. The highest BCUT2D eigenvalue weighted by atomic mass is 15.2. The Labute approximate surface area is 161 Å². The van der Waals surface area contributed by atoms with E-state index in [0.717, 1.165) is 23.9 Å². The van der Waals surface area contributed by atoms with Crippen LogP contribution in [0.4, 0.5) is 0 Å². The van der Waals surface area contributed by atoms with Gasteiger partial charge in [0.15, 0.2) is 0 Å². The van der Waals surface area contributed by atoms with Gasteiger partial charge >= 0.3 is 0 Å². The second kappa shape index (κ2) is 9.36. The molecule has 0 aromatic rings. The Hall–Kier alpha value is -0.160. The average Bonchev–Trinajstić information content (AvgIpc) is 2.70. The van der Waals surface area contributed by atoms with E-state index in [1.807, 2.05) is 0 Å². The first kappa shape index (κ1) is 19.2. The SMILES string of the molecule is CC1CCN(C2CCN(C3CCN(CC4CCNCC4)CC3)CC2)CC1. The molecule has 0 amide bonds. The van der Waals surface area contributed by atoms with Gasteiger partial charge in [-0.2, -0.15) is 0 Å². The van der Waals surface area contributed by atoms with Gasteiger partial charge in [0.1, 0.15) is 0 Å². The third-order valence-corrected chi connectivity index (χ3v) is 7.88. The predicted molar refractivity (Wildman–Crippen MR) is 110 cm³/mol. The van der Waals surface area contributed by atoms with Crippen LogP contribution in [0.1, 0.15) is 58.3 Å². The molecule has 4 saturated heterocycles. The lowest BCUT2D eigenvalue weighted by molar-refractivity contribution is 0.0402. The zero-order valence-electron chi connectivity index (χ0n) is 17.2. The summed E-state index contributed by atoms with van der Waals surface area (Å²) in [7, 11) is 0. The van der Waals surface area contributed by atoms with E-state index in [9.17, 15) is 0 Å². The molecule has 4 nitrogen and oxygen atoms in total. The van der Waals surface area contributed by atoms with E-state index in [1.165, 1.54) is 110 Å². The predicted octanol–water partition coefficient (Wildman–Crippen LogP) is 2.65. The van der Waals surface area contributed by atoms with Crippen molar-refractivity contribution < 1.29 is 0 Å². The Morgan fingerprint density at radius 2 is 1.15 bits per heavy atom. The molecule has 26 heavy (non-hydrogen) atoms. The lowest BCUT2D eigenvalue weighted by Crippen LogP contribution is -2.52. The van der Waals surface area contributed by atoms with Gasteiger partial charge in [0.25, 0.3) is 0 Å². The van der Waals surface area contributed by atoms with Crippen molar-refractivity contribution in [3.8, 4) is 0 Å². The molecule has 0 aliphatic carbocycles. The summed E-state index contributed by atoms with van der Waals surface area (Å²) in [6, 6.07) is 1.76.